The lowest BCUT2D eigenvalue weighted by Crippen LogP contribution is -2.34. The van der Waals surface area contributed by atoms with Gasteiger partial charge in [0.25, 0.3) is 5.91 Å². The average molecular weight is 425 g/mol. The Morgan fingerprint density at radius 1 is 0.875 bits per heavy atom. The van der Waals surface area contributed by atoms with Crippen molar-refractivity contribution in [1.82, 2.24) is 15.4 Å². The van der Waals surface area contributed by atoms with Crippen molar-refractivity contribution in [3.8, 4) is 11.1 Å². The van der Waals surface area contributed by atoms with Gasteiger partial charge in [-0.25, -0.2) is 10.5 Å². The molecule has 0 bridgehead atoms. The van der Waals surface area contributed by atoms with E-state index in [1.807, 2.05) is 23.1 Å². The summed E-state index contributed by atoms with van der Waals surface area (Å²) in [6.07, 6.45) is 6.67. The monoisotopic (exact) mass is 425 g/mol. The molecule has 0 fully saturated rings. The lowest BCUT2D eigenvalue weighted by atomic mass is 9.94. The molecule has 32 heavy (non-hydrogen) atoms. The minimum Gasteiger partial charge on any atom is -0.334 e. The number of hydrogen-bond donors (Lipinski definition) is 2. The summed E-state index contributed by atoms with van der Waals surface area (Å²) in [4.78, 5) is 30.0. The minimum atomic E-state index is -0.635. The van der Waals surface area contributed by atoms with Gasteiger partial charge in [0, 0.05) is 25.2 Å². The van der Waals surface area contributed by atoms with E-state index in [-0.39, 0.29) is 5.91 Å². The maximum atomic E-state index is 12.7. The summed E-state index contributed by atoms with van der Waals surface area (Å²) in [5.41, 5.74) is 7.52. The Hall–Kier alpha value is -4.03. The highest BCUT2D eigenvalue weighted by Gasteiger charge is 2.19. The van der Waals surface area contributed by atoms with Crippen LogP contribution >= 0.6 is 0 Å². The second kappa shape index (κ2) is 9.85. The third-order valence-electron chi connectivity index (χ3n) is 5.34. The maximum Gasteiger partial charge on any atom is 0.267 e. The zero-order chi connectivity index (χ0) is 22.3. The Bertz CT molecular complexity index is 1190. The number of amides is 2. The molecule has 6 nitrogen and oxygen atoms in total. The first kappa shape index (κ1) is 21.2. The van der Waals surface area contributed by atoms with Gasteiger partial charge in [-0.1, -0.05) is 54.6 Å². The minimum absolute atomic E-state index is 0.0646. The van der Waals surface area contributed by atoms with Gasteiger partial charge >= 0.3 is 0 Å². The van der Waals surface area contributed by atoms with Crippen molar-refractivity contribution >= 4 is 24.0 Å². The Morgan fingerprint density at radius 3 is 2.38 bits per heavy atom. The fraction of sp³-hybridized carbons (Fsp3) is 0.115. The molecule has 2 N–H and O–H groups in total. The summed E-state index contributed by atoms with van der Waals surface area (Å²) in [6.45, 7) is 1.25. The molecule has 1 aliphatic rings. The van der Waals surface area contributed by atoms with E-state index in [4.69, 9.17) is 5.21 Å². The lowest BCUT2D eigenvalue weighted by Gasteiger charge is -2.28. The standard InChI is InChI=1S/C26H23N3O3/c30-25(28-32)13-11-23-7-4-8-24(27-23)12-14-26(31)29-16-15-21-17-20(9-10-22(21)18-29)19-5-2-1-3-6-19/h1-14,17,32H,15-16,18H2,(H,28,30)/b13-11+,14-12+. The molecule has 1 aromatic heterocycles. The van der Waals surface area contributed by atoms with Crippen molar-refractivity contribution in [2.75, 3.05) is 6.54 Å². The van der Waals surface area contributed by atoms with E-state index in [0.717, 1.165) is 6.42 Å². The number of nitrogens with one attached hydrogen (secondary N) is 1. The van der Waals surface area contributed by atoms with E-state index in [1.165, 1.54) is 46.0 Å². The van der Waals surface area contributed by atoms with Gasteiger partial charge in [0.05, 0.1) is 11.4 Å². The normalized spacial score (nSPS) is 13.3. The quantitative estimate of drug-likeness (QED) is 0.369. The van der Waals surface area contributed by atoms with Crippen LogP contribution in [0.4, 0.5) is 0 Å². The molecule has 0 radical (unpaired) electrons. The van der Waals surface area contributed by atoms with Crippen LogP contribution in [0, 0.1) is 0 Å². The van der Waals surface area contributed by atoms with Gasteiger partial charge in [0.15, 0.2) is 0 Å². The average Bonchev–Trinajstić information content (AvgIpc) is 2.86. The van der Waals surface area contributed by atoms with Crippen molar-refractivity contribution in [2.45, 2.75) is 13.0 Å². The largest absolute Gasteiger partial charge is 0.334 e. The van der Waals surface area contributed by atoms with Crippen molar-refractivity contribution in [3.05, 3.63) is 101 Å². The molecule has 0 saturated heterocycles. The van der Waals surface area contributed by atoms with E-state index in [9.17, 15) is 9.59 Å². The number of aromatic nitrogens is 1. The van der Waals surface area contributed by atoms with Crippen LogP contribution in [0.1, 0.15) is 22.5 Å². The SMILES string of the molecule is O=C(/C=C/c1cccc(/C=C/C(=O)N2CCc3cc(-c4ccccc4)ccc3C2)n1)NO. The third kappa shape index (κ3) is 5.17. The fourth-order valence-electron chi connectivity index (χ4n) is 3.67. The molecule has 3 aromatic rings. The van der Waals surface area contributed by atoms with E-state index in [0.29, 0.717) is 24.5 Å². The van der Waals surface area contributed by atoms with E-state index >= 15 is 0 Å². The predicted molar refractivity (Wildman–Crippen MR) is 123 cm³/mol. The summed E-state index contributed by atoms with van der Waals surface area (Å²) in [5, 5.41) is 8.54. The van der Waals surface area contributed by atoms with E-state index in [2.05, 4.69) is 35.3 Å². The first-order chi connectivity index (χ1) is 15.6. The van der Waals surface area contributed by atoms with Crippen LogP contribution in [0.5, 0.6) is 0 Å². The molecule has 1 aliphatic heterocycles. The molecule has 160 valence electrons. The maximum absolute atomic E-state index is 12.7. The Balaban J connectivity index is 1.42. The number of rotatable bonds is 5. The van der Waals surface area contributed by atoms with Gasteiger partial charge in [-0.05, 0) is 53.0 Å². The Labute approximate surface area is 186 Å². The summed E-state index contributed by atoms with van der Waals surface area (Å²) in [6, 6.07) is 22.0. The number of pyridine rings is 1. The number of nitrogens with zero attached hydrogens (tertiary/aromatic N) is 2. The third-order valence-corrected chi connectivity index (χ3v) is 5.34. The van der Waals surface area contributed by atoms with E-state index in [1.54, 1.807) is 24.3 Å². The number of fused-ring (bicyclic) bond motifs is 1. The predicted octanol–water partition coefficient (Wildman–Crippen LogP) is 3.87. The molecule has 2 aromatic carbocycles. The van der Waals surface area contributed by atoms with Crippen LogP contribution in [0.25, 0.3) is 23.3 Å². The molecule has 0 unspecified atom stereocenters. The Kier molecular flexibility index (Phi) is 6.53. The molecular weight excluding hydrogens is 402 g/mol. The van der Waals surface area contributed by atoms with Crippen molar-refractivity contribution in [1.29, 1.82) is 0 Å². The van der Waals surface area contributed by atoms with Crippen LogP contribution in [0.15, 0.2) is 78.9 Å². The number of hydroxylamine groups is 1. The lowest BCUT2D eigenvalue weighted by molar-refractivity contribution is -0.127. The zero-order valence-corrected chi connectivity index (χ0v) is 17.4. The second-order valence-corrected chi connectivity index (χ2v) is 7.49. The second-order valence-electron chi connectivity index (χ2n) is 7.49. The molecule has 2 amide bonds. The number of carbonyl (C=O) groups is 2. The number of carbonyl (C=O) groups excluding carboxylic acids is 2. The number of benzene rings is 2. The van der Waals surface area contributed by atoms with Crippen LogP contribution in [0.2, 0.25) is 0 Å². The van der Waals surface area contributed by atoms with Crippen LogP contribution in [-0.4, -0.2) is 33.5 Å². The van der Waals surface area contributed by atoms with Crippen molar-refractivity contribution in [2.24, 2.45) is 0 Å². The zero-order valence-electron chi connectivity index (χ0n) is 17.4. The molecule has 0 aliphatic carbocycles. The van der Waals surface area contributed by atoms with Gasteiger partial charge in [0.2, 0.25) is 5.91 Å². The van der Waals surface area contributed by atoms with Crippen LogP contribution < -0.4 is 5.48 Å². The van der Waals surface area contributed by atoms with Crippen molar-refractivity contribution < 1.29 is 14.8 Å². The smallest absolute Gasteiger partial charge is 0.267 e. The highest BCUT2D eigenvalue weighted by Crippen LogP contribution is 2.26. The van der Waals surface area contributed by atoms with Crippen LogP contribution in [0.3, 0.4) is 0 Å². The topological polar surface area (TPSA) is 82.5 Å². The molecule has 0 saturated carbocycles. The molecule has 6 heteroatoms. The van der Waals surface area contributed by atoms with Gasteiger partial charge in [-0.3, -0.25) is 14.8 Å². The Morgan fingerprint density at radius 2 is 1.62 bits per heavy atom. The molecular formula is C26H23N3O3. The molecule has 0 atom stereocenters. The summed E-state index contributed by atoms with van der Waals surface area (Å²) < 4.78 is 0. The van der Waals surface area contributed by atoms with Gasteiger partial charge in [-0.15, -0.1) is 0 Å². The van der Waals surface area contributed by atoms with E-state index < -0.39 is 5.91 Å². The molecule has 0 spiro atoms. The van der Waals surface area contributed by atoms with Crippen molar-refractivity contribution in [3.63, 3.8) is 0 Å². The van der Waals surface area contributed by atoms with Gasteiger partial charge in [-0.2, -0.15) is 0 Å². The van der Waals surface area contributed by atoms with Gasteiger partial charge < -0.3 is 4.90 Å². The number of hydrogen-bond acceptors (Lipinski definition) is 4. The molecule has 2 heterocycles. The first-order valence-electron chi connectivity index (χ1n) is 10.4. The van der Waals surface area contributed by atoms with Gasteiger partial charge in [0.1, 0.15) is 0 Å². The summed E-state index contributed by atoms with van der Waals surface area (Å²) in [5.74, 6) is -0.700. The summed E-state index contributed by atoms with van der Waals surface area (Å²) >= 11 is 0. The first-order valence-corrected chi connectivity index (χ1v) is 10.4. The molecule has 4 rings (SSSR count). The van der Waals surface area contributed by atoms with Crippen LogP contribution in [-0.2, 0) is 22.6 Å². The highest BCUT2D eigenvalue weighted by molar-refractivity contribution is 5.92. The fourth-order valence-corrected chi connectivity index (χ4v) is 3.67. The highest BCUT2D eigenvalue weighted by atomic mass is 16.5. The summed E-state index contributed by atoms with van der Waals surface area (Å²) in [7, 11) is 0.